The number of nitrogens with zero attached hydrogens (tertiary/aromatic N) is 1. The van der Waals surface area contributed by atoms with Gasteiger partial charge < -0.3 is 10.0 Å². The molecule has 1 aliphatic rings. The minimum absolute atomic E-state index is 0.0218. The van der Waals surface area contributed by atoms with Crippen molar-refractivity contribution in [2.45, 2.75) is 37.5 Å². The molecule has 116 valence electrons. The number of benzene rings is 1. The predicted octanol–water partition coefficient (Wildman–Crippen LogP) is 2.82. The van der Waals surface area contributed by atoms with E-state index in [1.807, 2.05) is 4.90 Å². The SMILES string of the molecule is O=C(CSCc1ccc(F)cc1)N1CCCCCC1CO. The molecule has 1 heterocycles. The molecule has 21 heavy (non-hydrogen) atoms. The van der Waals surface area contributed by atoms with E-state index in [0.717, 1.165) is 37.8 Å². The van der Waals surface area contributed by atoms with Crippen LogP contribution in [0.1, 0.15) is 31.2 Å². The number of carbonyl (C=O) groups excluding carboxylic acids is 1. The Morgan fingerprint density at radius 2 is 2.05 bits per heavy atom. The number of halogens is 1. The Morgan fingerprint density at radius 1 is 1.29 bits per heavy atom. The maximum Gasteiger partial charge on any atom is 0.232 e. The standard InChI is InChI=1S/C16H22FNO2S/c17-14-7-5-13(6-8-14)11-21-12-16(20)18-9-3-1-2-4-15(18)10-19/h5-8,15,19H,1-4,9-12H2. The van der Waals surface area contributed by atoms with Crippen LogP contribution in [0.2, 0.25) is 0 Å². The van der Waals surface area contributed by atoms with Crippen molar-refractivity contribution in [3.05, 3.63) is 35.6 Å². The minimum atomic E-state index is -0.241. The van der Waals surface area contributed by atoms with Gasteiger partial charge in [0.1, 0.15) is 5.82 Å². The number of rotatable bonds is 5. The smallest absolute Gasteiger partial charge is 0.232 e. The van der Waals surface area contributed by atoms with Crippen molar-refractivity contribution in [1.29, 1.82) is 0 Å². The molecule has 1 atom stereocenters. The van der Waals surface area contributed by atoms with E-state index in [1.54, 1.807) is 12.1 Å². The third-order valence-electron chi connectivity index (χ3n) is 3.82. The molecule has 1 amide bonds. The number of hydrogen-bond donors (Lipinski definition) is 1. The lowest BCUT2D eigenvalue weighted by atomic mass is 10.1. The molecule has 0 spiro atoms. The fourth-order valence-electron chi connectivity index (χ4n) is 2.62. The summed E-state index contributed by atoms with van der Waals surface area (Å²) in [6, 6.07) is 6.35. The first kappa shape index (κ1) is 16.3. The van der Waals surface area contributed by atoms with Gasteiger partial charge in [0, 0.05) is 12.3 Å². The van der Waals surface area contributed by atoms with E-state index in [0.29, 0.717) is 11.5 Å². The van der Waals surface area contributed by atoms with Crippen LogP contribution < -0.4 is 0 Å². The number of thioether (sulfide) groups is 1. The average Bonchev–Trinajstić information content (AvgIpc) is 2.74. The first-order valence-electron chi connectivity index (χ1n) is 7.43. The molecule has 5 heteroatoms. The van der Waals surface area contributed by atoms with Crippen LogP contribution in [0.25, 0.3) is 0 Å². The molecule has 0 saturated carbocycles. The molecule has 0 bridgehead atoms. The Kier molecular flexibility index (Phi) is 6.51. The van der Waals surface area contributed by atoms with Gasteiger partial charge in [0.15, 0.2) is 0 Å². The Balaban J connectivity index is 1.81. The molecular weight excluding hydrogens is 289 g/mol. The fraction of sp³-hybridized carbons (Fsp3) is 0.562. The van der Waals surface area contributed by atoms with Crippen LogP contribution in [-0.2, 0) is 10.5 Å². The molecule has 0 aromatic heterocycles. The molecule has 1 aromatic rings. The number of aliphatic hydroxyl groups excluding tert-OH is 1. The van der Waals surface area contributed by atoms with Crippen LogP contribution in [0, 0.1) is 5.82 Å². The summed E-state index contributed by atoms with van der Waals surface area (Å²) in [6.45, 7) is 0.801. The second-order valence-electron chi connectivity index (χ2n) is 5.39. The van der Waals surface area contributed by atoms with E-state index in [9.17, 15) is 14.3 Å². The first-order chi connectivity index (χ1) is 10.2. The maximum atomic E-state index is 12.8. The Bertz CT molecular complexity index is 452. The van der Waals surface area contributed by atoms with Crippen molar-refractivity contribution >= 4 is 17.7 Å². The molecular formula is C16H22FNO2S. The summed E-state index contributed by atoms with van der Waals surface area (Å²) in [5.41, 5.74) is 1.02. The zero-order valence-corrected chi connectivity index (χ0v) is 12.9. The molecule has 0 aliphatic carbocycles. The molecule has 1 aromatic carbocycles. The maximum absolute atomic E-state index is 12.8. The van der Waals surface area contributed by atoms with E-state index in [-0.39, 0.29) is 24.4 Å². The highest BCUT2D eigenvalue weighted by Gasteiger charge is 2.24. The highest BCUT2D eigenvalue weighted by molar-refractivity contribution is 7.99. The van der Waals surface area contributed by atoms with E-state index in [4.69, 9.17) is 0 Å². The van der Waals surface area contributed by atoms with E-state index < -0.39 is 0 Å². The lowest BCUT2D eigenvalue weighted by Gasteiger charge is -2.28. The quantitative estimate of drug-likeness (QED) is 0.909. The molecule has 1 N–H and O–H groups in total. The number of amides is 1. The van der Waals surface area contributed by atoms with Crippen molar-refractivity contribution in [1.82, 2.24) is 4.90 Å². The Morgan fingerprint density at radius 3 is 2.76 bits per heavy atom. The van der Waals surface area contributed by atoms with Crippen molar-refractivity contribution in [3.63, 3.8) is 0 Å². The summed E-state index contributed by atoms with van der Waals surface area (Å²) < 4.78 is 12.8. The van der Waals surface area contributed by atoms with Gasteiger partial charge in [0.2, 0.25) is 5.91 Å². The molecule has 1 fully saturated rings. The van der Waals surface area contributed by atoms with E-state index >= 15 is 0 Å². The van der Waals surface area contributed by atoms with Gasteiger partial charge in [-0.1, -0.05) is 25.0 Å². The van der Waals surface area contributed by atoms with Gasteiger partial charge in [0.05, 0.1) is 18.4 Å². The first-order valence-corrected chi connectivity index (χ1v) is 8.58. The van der Waals surface area contributed by atoms with Crippen LogP contribution in [-0.4, -0.2) is 40.9 Å². The molecule has 1 saturated heterocycles. The molecule has 2 rings (SSSR count). The summed E-state index contributed by atoms with van der Waals surface area (Å²) in [7, 11) is 0. The van der Waals surface area contributed by atoms with E-state index in [2.05, 4.69) is 0 Å². The highest BCUT2D eigenvalue weighted by Crippen LogP contribution is 2.19. The number of carbonyl (C=O) groups is 1. The third kappa shape index (κ3) is 5.00. The average molecular weight is 311 g/mol. The van der Waals surface area contributed by atoms with Gasteiger partial charge in [-0.05, 0) is 30.5 Å². The lowest BCUT2D eigenvalue weighted by Crippen LogP contribution is -2.43. The second kappa shape index (κ2) is 8.39. The monoisotopic (exact) mass is 311 g/mol. The van der Waals surface area contributed by atoms with Gasteiger partial charge in [-0.2, -0.15) is 0 Å². The number of hydrogen-bond acceptors (Lipinski definition) is 3. The zero-order chi connectivity index (χ0) is 15.1. The Hall–Kier alpha value is -1.07. The second-order valence-corrected chi connectivity index (χ2v) is 6.38. The van der Waals surface area contributed by atoms with Crippen LogP contribution >= 0.6 is 11.8 Å². The fourth-order valence-corrected chi connectivity index (χ4v) is 3.49. The Labute approximate surface area is 129 Å². The molecule has 0 radical (unpaired) electrons. The van der Waals surface area contributed by atoms with Crippen LogP contribution in [0.5, 0.6) is 0 Å². The largest absolute Gasteiger partial charge is 0.394 e. The molecule has 1 unspecified atom stereocenters. The minimum Gasteiger partial charge on any atom is -0.394 e. The summed E-state index contributed by atoms with van der Waals surface area (Å²) in [4.78, 5) is 14.1. The number of aliphatic hydroxyl groups is 1. The third-order valence-corrected chi connectivity index (χ3v) is 4.80. The van der Waals surface area contributed by atoms with Crippen molar-refractivity contribution in [2.75, 3.05) is 18.9 Å². The summed E-state index contributed by atoms with van der Waals surface area (Å²) in [5.74, 6) is 0.968. The molecule has 3 nitrogen and oxygen atoms in total. The topological polar surface area (TPSA) is 40.5 Å². The predicted molar refractivity (Wildman–Crippen MR) is 83.6 cm³/mol. The van der Waals surface area contributed by atoms with E-state index in [1.165, 1.54) is 23.9 Å². The van der Waals surface area contributed by atoms with Gasteiger partial charge in [-0.25, -0.2) is 4.39 Å². The van der Waals surface area contributed by atoms with Gasteiger partial charge in [-0.15, -0.1) is 11.8 Å². The van der Waals surface area contributed by atoms with Crippen molar-refractivity contribution < 1.29 is 14.3 Å². The zero-order valence-electron chi connectivity index (χ0n) is 12.1. The summed E-state index contributed by atoms with van der Waals surface area (Å²) >= 11 is 1.54. The lowest BCUT2D eigenvalue weighted by molar-refractivity contribution is -0.131. The van der Waals surface area contributed by atoms with Gasteiger partial charge in [-0.3, -0.25) is 4.79 Å². The molecule has 1 aliphatic heterocycles. The summed E-state index contributed by atoms with van der Waals surface area (Å²) in [6.07, 6.45) is 4.12. The van der Waals surface area contributed by atoms with Crippen molar-refractivity contribution in [2.24, 2.45) is 0 Å². The summed E-state index contributed by atoms with van der Waals surface area (Å²) in [5, 5.41) is 9.43. The van der Waals surface area contributed by atoms with Gasteiger partial charge in [0.25, 0.3) is 0 Å². The van der Waals surface area contributed by atoms with Gasteiger partial charge >= 0.3 is 0 Å². The van der Waals surface area contributed by atoms with Crippen LogP contribution in [0.15, 0.2) is 24.3 Å². The van der Waals surface area contributed by atoms with Crippen LogP contribution in [0.3, 0.4) is 0 Å². The normalized spacial score (nSPS) is 19.3. The van der Waals surface area contributed by atoms with Crippen LogP contribution in [0.4, 0.5) is 4.39 Å². The highest BCUT2D eigenvalue weighted by atomic mass is 32.2. The van der Waals surface area contributed by atoms with Crippen molar-refractivity contribution in [3.8, 4) is 0 Å². The number of likely N-dealkylation sites (tertiary alicyclic amines) is 1.